The predicted molar refractivity (Wildman–Crippen MR) is 118 cm³/mol. The predicted octanol–water partition coefficient (Wildman–Crippen LogP) is 3.42. The topological polar surface area (TPSA) is 26.8 Å². The molecular weight excluding hydrogens is 413 g/mol. The summed E-state index contributed by atoms with van der Waals surface area (Å²) in [6, 6.07) is 16.7. The van der Waals surface area contributed by atoms with Crippen molar-refractivity contribution in [2.45, 2.75) is 26.2 Å². The summed E-state index contributed by atoms with van der Waals surface area (Å²) in [6.07, 6.45) is 5.49. The summed E-state index contributed by atoms with van der Waals surface area (Å²) >= 11 is 3.06. The second kappa shape index (κ2) is 7.94. The van der Waals surface area contributed by atoms with E-state index in [2.05, 4.69) is 63.8 Å². The molecule has 0 spiro atoms. The van der Waals surface area contributed by atoms with E-state index in [1.54, 1.807) is 4.90 Å². The van der Waals surface area contributed by atoms with Crippen LogP contribution in [0.15, 0.2) is 54.2 Å². The summed E-state index contributed by atoms with van der Waals surface area (Å²) in [5.74, 6) is -0.0101. The van der Waals surface area contributed by atoms with Crippen LogP contribution in [0, 0.1) is 0 Å². The molecule has 144 valence electrons. The van der Waals surface area contributed by atoms with Gasteiger partial charge < -0.3 is 0 Å². The molecule has 0 saturated carbocycles. The number of carbonyl (C=O) groups excluding carboxylic acids is 1. The first-order valence-electron chi connectivity index (χ1n) is 9.86. The number of carbonyl (C=O) groups is 1. The van der Waals surface area contributed by atoms with Crippen molar-refractivity contribution in [3.05, 3.63) is 65.4 Å². The Bertz CT molecular complexity index is 912. The molecule has 2 heterocycles. The second-order valence-electron chi connectivity index (χ2n) is 7.32. The molecule has 2 fully saturated rings. The summed E-state index contributed by atoms with van der Waals surface area (Å²) in [7, 11) is 1.93. The number of benzene rings is 2. The molecular formula is C23H25N3OSe. The Hall–Kier alpha value is -2.36. The van der Waals surface area contributed by atoms with Gasteiger partial charge in [-0.1, -0.05) is 0 Å². The maximum absolute atomic E-state index is 13.1. The Morgan fingerprint density at radius 2 is 1.57 bits per heavy atom. The molecule has 0 bridgehead atoms. The van der Waals surface area contributed by atoms with Crippen LogP contribution in [0.3, 0.4) is 0 Å². The van der Waals surface area contributed by atoms with E-state index in [9.17, 15) is 4.79 Å². The van der Waals surface area contributed by atoms with Crippen molar-refractivity contribution in [3.63, 3.8) is 0 Å². The van der Waals surface area contributed by atoms with Crippen LogP contribution in [-0.2, 0) is 11.2 Å². The van der Waals surface area contributed by atoms with Gasteiger partial charge in [-0.15, -0.1) is 0 Å². The van der Waals surface area contributed by atoms with Crippen molar-refractivity contribution < 1.29 is 4.79 Å². The van der Waals surface area contributed by atoms with Crippen LogP contribution >= 0.6 is 0 Å². The average molecular weight is 438 g/mol. The number of likely N-dealkylation sites (N-methyl/N-ethyl adjacent to an activating group) is 1. The number of nitrogens with zero attached hydrogens (tertiary/aromatic N) is 3. The molecule has 0 atom stereocenters. The van der Waals surface area contributed by atoms with Crippen molar-refractivity contribution in [2.75, 3.05) is 29.9 Å². The van der Waals surface area contributed by atoms with Crippen LogP contribution in [0.4, 0.5) is 11.4 Å². The molecule has 2 aliphatic rings. The Morgan fingerprint density at radius 1 is 0.964 bits per heavy atom. The van der Waals surface area contributed by atoms with Gasteiger partial charge in [0.15, 0.2) is 0 Å². The van der Waals surface area contributed by atoms with Crippen LogP contribution < -0.4 is 9.80 Å². The first-order valence-corrected chi connectivity index (χ1v) is 10.7. The number of amides is 1. The van der Waals surface area contributed by atoms with E-state index in [0.717, 1.165) is 35.4 Å². The third-order valence-electron chi connectivity index (χ3n) is 5.53. The summed E-state index contributed by atoms with van der Waals surface area (Å²) < 4.78 is 0.800. The van der Waals surface area contributed by atoms with Gasteiger partial charge in [-0.25, -0.2) is 0 Å². The van der Waals surface area contributed by atoms with Gasteiger partial charge in [0, 0.05) is 0 Å². The first kappa shape index (κ1) is 19.0. The first-order chi connectivity index (χ1) is 13.6. The summed E-state index contributed by atoms with van der Waals surface area (Å²) in [4.78, 5) is 19.2. The normalized spacial score (nSPS) is 18.6. The zero-order valence-electron chi connectivity index (χ0n) is 16.4. The summed E-state index contributed by atoms with van der Waals surface area (Å²) in [6.45, 7) is 4.40. The van der Waals surface area contributed by atoms with Crippen molar-refractivity contribution >= 4 is 43.6 Å². The quantitative estimate of drug-likeness (QED) is 0.541. The molecule has 0 unspecified atom stereocenters. The standard InChI is InChI=1S/C23H25N3OSe/c1-3-17-6-12-20(13-7-17)26-22(27)21(24(2)23(26)28)16-18-8-10-19(11-9-18)25-14-4-5-15-25/h6-13,16H,3-5,14-15H2,1-2H3. The molecule has 1 amide bonds. The van der Waals surface area contributed by atoms with Crippen molar-refractivity contribution in [2.24, 2.45) is 0 Å². The fourth-order valence-electron chi connectivity index (χ4n) is 3.78. The van der Waals surface area contributed by atoms with Crippen LogP contribution in [0.5, 0.6) is 0 Å². The number of aryl methyl sites for hydroxylation is 1. The molecule has 2 aromatic carbocycles. The van der Waals surface area contributed by atoms with Gasteiger partial charge >= 0.3 is 175 Å². The van der Waals surface area contributed by atoms with E-state index in [-0.39, 0.29) is 5.91 Å². The van der Waals surface area contributed by atoms with Crippen LogP contribution in [0.2, 0.25) is 0 Å². The number of anilines is 2. The number of hydrogen-bond acceptors (Lipinski definition) is 3. The van der Waals surface area contributed by atoms with Crippen LogP contribution in [0.25, 0.3) is 6.08 Å². The van der Waals surface area contributed by atoms with Crippen molar-refractivity contribution in [3.8, 4) is 0 Å². The SMILES string of the molecule is CCc1ccc(N2C(=O)C(=Cc3ccc(N4CCCC4)cc3)N(C)C2=[Se])cc1. The third-order valence-corrected chi connectivity index (χ3v) is 6.49. The molecule has 0 N–H and O–H groups in total. The van der Waals surface area contributed by atoms with Crippen LogP contribution in [0.1, 0.15) is 30.9 Å². The Balaban J connectivity index is 1.58. The van der Waals surface area contributed by atoms with Gasteiger partial charge in [-0.05, 0) is 0 Å². The van der Waals surface area contributed by atoms with Crippen LogP contribution in [-0.4, -0.2) is 51.2 Å². The van der Waals surface area contributed by atoms with Gasteiger partial charge in [0.25, 0.3) is 0 Å². The zero-order valence-corrected chi connectivity index (χ0v) is 18.1. The molecule has 2 saturated heterocycles. The molecule has 0 aromatic heterocycles. The minimum absolute atomic E-state index is 0.0101. The average Bonchev–Trinajstić information content (AvgIpc) is 3.33. The maximum atomic E-state index is 13.1. The van der Waals surface area contributed by atoms with Gasteiger partial charge in [0.1, 0.15) is 0 Å². The molecule has 4 rings (SSSR count). The number of hydrogen-bond donors (Lipinski definition) is 0. The van der Waals surface area contributed by atoms with E-state index < -0.39 is 0 Å². The molecule has 28 heavy (non-hydrogen) atoms. The van der Waals surface area contributed by atoms with E-state index in [4.69, 9.17) is 0 Å². The van der Waals surface area contributed by atoms with Gasteiger partial charge in [-0.2, -0.15) is 0 Å². The summed E-state index contributed by atoms with van der Waals surface area (Å²) in [5.41, 5.74) is 5.12. The Kier molecular flexibility index (Phi) is 5.38. The summed E-state index contributed by atoms with van der Waals surface area (Å²) in [5, 5.41) is 0. The molecule has 0 radical (unpaired) electrons. The minimum atomic E-state index is -0.0101. The third kappa shape index (κ3) is 3.52. The van der Waals surface area contributed by atoms with E-state index in [1.807, 2.05) is 30.2 Å². The van der Waals surface area contributed by atoms with Crippen molar-refractivity contribution in [1.29, 1.82) is 0 Å². The monoisotopic (exact) mass is 439 g/mol. The van der Waals surface area contributed by atoms with E-state index in [0.29, 0.717) is 5.70 Å². The second-order valence-corrected chi connectivity index (χ2v) is 8.08. The zero-order chi connectivity index (χ0) is 19.7. The fraction of sp³-hybridized carbons (Fsp3) is 0.304. The fourth-order valence-corrected chi connectivity index (χ4v) is 4.38. The van der Waals surface area contributed by atoms with Crippen molar-refractivity contribution in [1.82, 2.24) is 4.90 Å². The van der Waals surface area contributed by atoms with E-state index in [1.165, 1.54) is 24.1 Å². The van der Waals surface area contributed by atoms with E-state index >= 15 is 0 Å². The molecule has 2 aromatic rings. The Labute approximate surface area is 174 Å². The van der Waals surface area contributed by atoms with Gasteiger partial charge in [0.2, 0.25) is 0 Å². The number of rotatable bonds is 4. The molecule has 0 aliphatic carbocycles. The Morgan fingerprint density at radius 3 is 2.18 bits per heavy atom. The van der Waals surface area contributed by atoms with Gasteiger partial charge in [-0.3, -0.25) is 0 Å². The molecule has 4 nitrogen and oxygen atoms in total. The van der Waals surface area contributed by atoms with Gasteiger partial charge in [0.05, 0.1) is 0 Å². The molecule has 5 heteroatoms. The molecule has 2 aliphatic heterocycles.